The van der Waals surface area contributed by atoms with Crippen LogP contribution in [0.25, 0.3) is 21.9 Å². The van der Waals surface area contributed by atoms with Crippen molar-refractivity contribution in [2.75, 3.05) is 7.11 Å². The SMILES string of the molecule is COc1cccc2cc(C)c(-c3ccc(C[C@@H](C)NS(=O)C(C)(C)C)c(C#N)c3OCc3ccccc3)c(OCc3ccccc3)c12. The Kier molecular flexibility index (Phi) is 10.7. The molecule has 6 nitrogen and oxygen atoms in total. The summed E-state index contributed by atoms with van der Waals surface area (Å²) in [6.07, 6.45) is 0.495. The Morgan fingerprint density at radius 3 is 2.04 bits per heavy atom. The summed E-state index contributed by atoms with van der Waals surface area (Å²) < 4.78 is 34.8. The molecule has 0 aliphatic carbocycles. The van der Waals surface area contributed by atoms with Gasteiger partial charge < -0.3 is 14.2 Å². The van der Waals surface area contributed by atoms with Crippen molar-refractivity contribution >= 4 is 21.8 Å². The Hall–Kier alpha value is -4.64. The summed E-state index contributed by atoms with van der Waals surface area (Å²) in [4.78, 5) is 0. The molecule has 1 N–H and O–H groups in total. The van der Waals surface area contributed by atoms with E-state index in [2.05, 4.69) is 29.8 Å². The van der Waals surface area contributed by atoms with Crippen LogP contribution in [-0.4, -0.2) is 22.1 Å². The highest BCUT2D eigenvalue weighted by Gasteiger charge is 2.26. The van der Waals surface area contributed by atoms with Gasteiger partial charge in [-0.1, -0.05) is 91.0 Å². The van der Waals surface area contributed by atoms with E-state index in [1.54, 1.807) is 7.11 Å². The van der Waals surface area contributed by atoms with Gasteiger partial charge in [0, 0.05) is 17.2 Å². The molecule has 5 rings (SSSR count). The van der Waals surface area contributed by atoms with E-state index in [0.29, 0.717) is 35.8 Å². The Morgan fingerprint density at radius 2 is 1.47 bits per heavy atom. The lowest BCUT2D eigenvalue weighted by atomic mass is 9.90. The fourth-order valence-electron chi connectivity index (χ4n) is 5.62. The molecule has 0 amide bonds. The first-order valence-electron chi connectivity index (χ1n) is 15.8. The molecule has 47 heavy (non-hydrogen) atoms. The highest BCUT2D eigenvalue weighted by Crippen LogP contribution is 2.48. The molecule has 0 aliphatic heterocycles. The van der Waals surface area contributed by atoms with E-state index in [4.69, 9.17) is 14.2 Å². The predicted molar refractivity (Wildman–Crippen MR) is 191 cm³/mol. The minimum Gasteiger partial charge on any atom is -0.496 e. The van der Waals surface area contributed by atoms with Crippen molar-refractivity contribution in [1.29, 1.82) is 5.26 Å². The summed E-state index contributed by atoms with van der Waals surface area (Å²) in [5, 5.41) is 12.5. The molecule has 7 heteroatoms. The van der Waals surface area contributed by atoms with Crippen LogP contribution >= 0.6 is 0 Å². The topological polar surface area (TPSA) is 80.6 Å². The molecule has 0 aliphatic rings. The van der Waals surface area contributed by atoms with Gasteiger partial charge in [0.15, 0.2) is 0 Å². The van der Waals surface area contributed by atoms with Crippen molar-refractivity contribution in [2.45, 2.75) is 65.0 Å². The summed E-state index contributed by atoms with van der Waals surface area (Å²) in [7, 11) is 0.410. The Balaban J connectivity index is 1.69. The van der Waals surface area contributed by atoms with Crippen molar-refractivity contribution in [3.8, 4) is 34.4 Å². The average molecular weight is 647 g/mol. The van der Waals surface area contributed by atoms with E-state index in [0.717, 1.165) is 44.2 Å². The van der Waals surface area contributed by atoms with E-state index in [1.165, 1.54) is 0 Å². The van der Waals surface area contributed by atoms with Gasteiger partial charge in [0.2, 0.25) is 0 Å². The molecule has 5 aromatic rings. The Labute approximate surface area is 280 Å². The van der Waals surface area contributed by atoms with Gasteiger partial charge in [0.1, 0.15) is 36.5 Å². The second kappa shape index (κ2) is 14.8. The highest BCUT2D eigenvalue weighted by atomic mass is 32.2. The fraction of sp³-hybridized carbons (Fsp3) is 0.275. The van der Waals surface area contributed by atoms with Crippen LogP contribution in [0.4, 0.5) is 0 Å². The molecule has 5 aromatic carbocycles. The van der Waals surface area contributed by atoms with Gasteiger partial charge >= 0.3 is 0 Å². The molecule has 0 saturated heterocycles. The number of nitrogens with zero attached hydrogens (tertiary/aromatic N) is 1. The lowest BCUT2D eigenvalue weighted by Gasteiger charge is -2.24. The molecule has 242 valence electrons. The standard InChI is InChI=1S/C40H42N2O4S/c1-27-22-32-18-13-19-35(44-6)37(32)39(46-26-30-16-11-8-12-17-30)36(27)33-21-20-31(23-28(2)42-47(43)40(3,4)5)34(24-41)38(33)45-25-29-14-9-7-10-15-29/h7-22,28,42H,23,25-26H2,1-6H3/t28-,47?/m1/s1. The number of hydrogen-bond donors (Lipinski definition) is 1. The molecule has 1 unspecified atom stereocenters. The van der Waals surface area contributed by atoms with Crippen molar-refractivity contribution in [3.05, 3.63) is 125 Å². The van der Waals surface area contributed by atoms with Crippen molar-refractivity contribution in [1.82, 2.24) is 4.72 Å². The number of fused-ring (bicyclic) bond motifs is 1. The maximum absolute atomic E-state index is 12.9. The largest absolute Gasteiger partial charge is 0.496 e. The molecular formula is C40H42N2O4S. The van der Waals surface area contributed by atoms with Gasteiger partial charge in [-0.3, -0.25) is 0 Å². The summed E-state index contributed by atoms with van der Waals surface area (Å²) in [6.45, 7) is 10.5. The fourth-order valence-corrected chi connectivity index (χ4v) is 6.43. The van der Waals surface area contributed by atoms with Crippen molar-refractivity contribution < 1.29 is 18.4 Å². The van der Waals surface area contributed by atoms with Gasteiger partial charge in [-0.15, -0.1) is 0 Å². The van der Waals surface area contributed by atoms with Crippen LogP contribution in [0.3, 0.4) is 0 Å². The van der Waals surface area contributed by atoms with E-state index in [9.17, 15) is 9.47 Å². The van der Waals surface area contributed by atoms with E-state index in [-0.39, 0.29) is 12.6 Å². The van der Waals surface area contributed by atoms with Gasteiger partial charge in [0.25, 0.3) is 0 Å². The van der Waals surface area contributed by atoms with E-state index < -0.39 is 15.7 Å². The van der Waals surface area contributed by atoms with Crippen LogP contribution in [0.1, 0.15) is 55.5 Å². The number of rotatable bonds is 12. The molecule has 0 radical (unpaired) electrons. The summed E-state index contributed by atoms with van der Waals surface area (Å²) in [6, 6.07) is 34.4. The summed E-state index contributed by atoms with van der Waals surface area (Å²) in [5.41, 5.74) is 5.85. The van der Waals surface area contributed by atoms with E-state index >= 15 is 0 Å². The molecule has 0 spiro atoms. The molecule has 0 fully saturated rings. The molecular weight excluding hydrogens is 605 g/mol. The number of nitrogens with one attached hydrogen (secondary N) is 1. The van der Waals surface area contributed by atoms with Crippen molar-refractivity contribution in [2.24, 2.45) is 0 Å². The number of nitriles is 1. The Morgan fingerprint density at radius 1 is 0.851 bits per heavy atom. The van der Waals surface area contributed by atoms with Crippen molar-refractivity contribution in [3.63, 3.8) is 0 Å². The zero-order valence-electron chi connectivity index (χ0n) is 27.9. The van der Waals surface area contributed by atoms with Crippen LogP contribution in [0.15, 0.2) is 97.1 Å². The second-order valence-corrected chi connectivity index (χ2v) is 14.7. The van der Waals surface area contributed by atoms with Gasteiger partial charge in [-0.25, -0.2) is 8.93 Å². The number of aryl methyl sites for hydroxylation is 1. The first kappa shape index (κ1) is 33.7. The first-order valence-corrected chi connectivity index (χ1v) is 16.9. The van der Waals surface area contributed by atoms with Crippen LogP contribution in [0.2, 0.25) is 0 Å². The summed E-state index contributed by atoms with van der Waals surface area (Å²) in [5.74, 6) is 1.85. The molecule has 0 saturated carbocycles. The first-order chi connectivity index (χ1) is 22.6. The van der Waals surface area contributed by atoms with E-state index in [1.807, 2.05) is 113 Å². The van der Waals surface area contributed by atoms with Gasteiger partial charge in [-0.05, 0) is 74.7 Å². The number of hydrogen-bond acceptors (Lipinski definition) is 5. The number of benzene rings is 5. The average Bonchev–Trinajstić information content (AvgIpc) is 3.06. The third kappa shape index (κ3) is 7.85. The maximum Gasteiger partial charge on any atom is 0.145 e. The zero-order valence-corrected chi connectivity index (χ0v) is 28.7. The van der Waals surface area contributed by atoms with Gasteiger partial charge in [-0.2, -0.15) is 5.26 Å². The van der Waals surface area contributed by atoms with Crippen LogP contribution in [0.5, 0.6) is 17.2 Å². The monoisotopic (exact) mass is 646 g/mol. The minimum atomic E-state index is -1.25. The maximum atomic E-state index is 12.9. The highest BCUT2D eigenvalue weighted by molar-refractivity contribution is 7.84. The third-order valence-electron chi connectivity index (χ3n) is 7.97. The predicted octanol–water partition coefficient (Wildman–Crippen LogP) is 8.84. The van der Waals surface area contributed by atoms with Crippen LogP contribution in [0, 0.1) is 18.3 Å². The number of methoxy groups -OCH3 is 1. The molecule has 2 atom stereocenters. The minimum absolute atomic E-state index is 0.147. The smallest absolute Gasteiger partial charge is 0.145 e. The normalized spacial score (nSPS) is 12.7. The zero-order chi connectivity index (χ0) is 33.6. The molecule has 0 heterocycles. The molecule has 0 aromatic heterocycles. The second-order valence-electron chi connectivity index (χ2n) is 12.7. The molecule has 0 bridgehead atoms. The van der Waals surface area contributed by atoms with Crippen LogP contribution < -0.4 is 18.9 Å². The Bertz CT molecular complexity index is 1910. The summed E-state index contributed by atoms with van der Waals surface area (Å²) >= 11 is 0. The number of ether oxygens (including phenoxy) is 3. The quantitative estimate of drug-likeness (QED) is 0.147. The lowest BCUT2D eigenvalue weighted by Crippen LogP contribution is -2.39. The third-order valence-corrected chi connectivity index (χ3v) is 9.70. The lowest BCUT2D eigenvalue weighted by molar-refractivity contribution is 0.303. The van der Waals surface area contributed by atoms with Gasteiger partial charge in [0.05, 0.1) is 33.8 Å². The van der Waals surface area contributed by atoms with Crippen LogP contribution in [-0.2, 0) is 30.6 Å².